The van der Waals surface area contributed by atoms with E-state index in [1.165, 1.54) is 21.9 Å². The summed E-state index contributed by atoms with van der Waals surface area (Å²) in [5, 5.41) is 3.62. The molecule has 8 heteroatoms. The van der Waals surface area contributed by atoms with Crippen LogP contribution in [0, 0.1) is 25.0 Å². The number of nitrogens with zero attached hydrogens (tertiary/aromatic N) is 4. The number of aromatic nitrogens is 4. The van der Waals surface area contributed by atoms with Crippen LogP contribution >= 0.6 is 0 Å². The number of oxazole rings is 1. The third kappa shape index (κ3) is 7.84. The topological polar surface area (TPSA) is 69.9 Å². The van der Waals surface area contributed by atoms with Gasteiger partial charge in [0.15, 0.2) is 5.89 Å². The van der Waals surface area contributed by atoms with Crippen LogP contribution in [-0.4, -0.2) is 27.6 Å². The van der Waals surface area contributed by atoms with Crippen LogP contribution < -0.4 is 5.19 Å². The number of pyridine rings is 1. The minimum Gasteiger partial charge on any atom is -0.501 e. The van der Waals surface area contributed by atoms with Gasteiger partial charge in [-0.15, -0.1) is 36.4 Å². The molecule has 10 aromatic rings. The number of benzene rings is 6. The zero-order chi connectivity index (χ0) is 40.0. The minimum absolute atomic E-state index is 0. The molecule has 0 unspecified atom stereocenters. The fourth-order valence-electron chi connectivity index (χ4n) is 7.86. The van der Waals surface area contributed by atoms with Gasteiger partial charge in [0, 0.05) is 49.8 Å². The van der Waals surface area contributed by atoms with E-state index in [1.54, 1.807) is 0 Å². The van der Waals surface area contributed by atoms with Crippen LogP contribution in [0.4, 0.5) is 0 Å². The molecule has 0 saturated heterocycles. The molecular formula is C51H44IrN4O2Si-2. The SMILES string of the molecule is Cc1nc2cc[c-]c(-c3cc(CC(C)C)c([Si](C)(C)C)cn3)c2o1.[Ir].[c-]1ccc2c(oc3ccccc32)c1-c1nc2ccccc2n1-c1ccc(-c2ccccc2)cc1. The van der Waals surface area contributed by atoms with E-state index >= 15 is 0 Å². The van der Waals surface area contributed by atoms with Crippen molar-refractivity contribution in [3.63, 3.8) is 0 Å². The summed E-state index contributed by atoms with van der Waals surface area (Å²) < 4.78 is 14.3. The Balaban J connectivity index is 0.000000172. The van der Waals surface area contributed by atoms with Crippen molar-refractivity contribution in [1.29, 1.82) is 0 Å². The number of hydrogen-bond acceptors (Lipinski definition) is 5. The van der Waals surface area contributed by atoms with Crippen molar-refractivity contribution in [2.24, 2.45) is 5.92 Å². The van der Waals surface area contributed by atoms with E-state index in [1.807, 2.05) is 67.6 Å². The Hall–Kier alpha value is -5.92. The molecule has 0 atom stereocenters. The van der Waals surface area contributed by atoms with Gasteiger partial charge in [-0.1, -0.05) is 134 Å². The van der Waals surface area contributed by atoms with E-state index in [0.717, 1.165) is 78.8 Å². The number of furan rings is 1. The summed E-state index contributed by atoms with van der Waals surface area (Å²) >= 11 is 0. The maximum absolute atomic E-state index is 6.32. The van der Waals surface area contributed by atoms with Crippen LogP contribution in [0.5, 0.6) is 0 Å². The average molecular weight is 965 g/mol. The molecule has 6 aromatic carbocycles. The molecule has 0 saturated carbocycles. The normalized spacial score (nSPS) is 11.6. The first-order valence-electron chi connectivity index (χ1n) is 19.9. The minimum atomic E-state index is -1.43. The molecule has 6 nitrogen and oxygen atoms in total. The molecule has 0 N–H and O–H groups in total. The van der Waals surface area contributed by atoms with Crippen molar-refractivity contribution in [3.8, 4) is 39.5 Å². The van der Waals surface area contributed by atoms with Gasteiger partial charge >= 0.3 is 0 Å². The van der Waals surface area contributed by atoms with Gasteiger partial charge in [0.2, 0.25) is 0 Å². The molecule has 295 valence electrons. The Morgan fingerprint density at radius 1 is 0.678 bits per heavy atom. The molecule has 4 heterocycles. The van der Waals surface area contributed by atoms with Gasteiger partial charge in [-0.25, -0.2) is 4.98 Å². The summed E-state index contributed by atoms with van der Waals surface area (Å²) in [6, 6.07) is 52.2. The van der Waals surface area contributed by atoms with Crippen molar-refractivity contribution in [3.05, 3.63) is 163 Å². The van der Waals surface area contributed by atoms with Gasteiger partial charge in [-0.2, -0.15) is 0 Å². The third-order valence-corrected chi connectivity index (χ3v) is 12.6. The number of fused-ring (bicyclic) bond motifs is 5. The standard InChI is InChI=1S/C31H19N2O.C20H25N2OSi.Ir/c1-2-9-21(10-3-1)22-17-19-23(20-18-22)33-28-15-6-5-14-27(28)32-31(33)26-13-8-12-25-24-11-4-7-16-29(24)34-30(25)26;1-13(2)10-15-11-18(21-12-19(15)24(4,5)6)16-8-7-9-17-20(16)23-14(3)22-17;/h1-12,14-20H;7,9,11-13H,10H2,1-6H3;/q2*-1;. The van der Waals surface area contributed by atoms with Gasteiger partial charge in [-0.3, -0.25) is 4.98 Å². The summed E-state index contributed by atoms with van der Waals surface area (Å²) in [6.45, 7) is 13.5. The van der Waals surface area contributed by atoms with Crippen molar-refractivity contribution in [2.75, 3.05) is 0 Å². The molecule has 0 aliphatic rings. The number of imidazole rings is 1. The van der Waals surface area contributed by atoms with Gasteiger partial charge in [0.25, 0.3) is 0 Å². The van der Waals surface area contributed by atoms with Crippen LogP contribution in [0.3, 0.4) is 0 Å². The van der Waals surface area contributed by atoms with E-state index in [4.69, 9.17) is 18.8 Å². The zero-order valence-electron chi connectivity index (χ0n) is 34.0. The number of aryl methyl sites for hydroxylation is 1. The van der Waals surface area contributed by atoms with Gasteiger partial charge in [-0.05, 0) is 64.7 Å². The molecule has 0 aliphatic carbocycles. The summed E-state index contributed by atoms with van der Waals surface area (Å²) in [6.07, 6.45) is 3.15. The monoisotopic (exact) mass is 965 g/mol. The summed E-state index contributed by atoms with van der Waals surface area (Å²) in [5.41, 5.74) is 12.8. The third-order valence-electron chi connectivity index (χ3n) is 10.5. The molecular weight excluding hydrogens is 921 g/mol. The van der Waals surface area contributed by atoms with E-state index in [-0.39, 0.29) is 20.1 Å². The molecule has 0 aliphatic heterocycles. The molecule has 4 aromatic heterocycles. The number of rotatable bonds is 7. The Labute approximate surface area is 359 Å². The van der Waals surface area contributed by atoms with Crippen molar-refractivity contribution in [2.45, 2.75) is 46.8 Å². The molecule has 10 rings (SSSR count). The first-order valence-corrected chi connectivity index (χ1v) is 23.4. The van der Waals surface area contributed by atoms with E-state index < -0.39 is 8.07 Å². The summed E-state index contributed by atoms with van der Waals surface area (Å²) in [7, 11) is -1.43. The maximum Gasteiger partial charge on any atom is 0.180 e. The first kappa shape index (κ1) is 39.9. The predicted octanol–water partition coefficient (Wildman–Crippen LogP) is 12.8. The molecule has 0 fully saturated rings. The largest absolute Gasteiger partial charge is 0.501 e. The van der Waals surface area contributed by atoms with Crippen LogP contribution in [0.2, 0.25) is 19.6 Å². The average Bonchev–Trinajstić information content (AvgIpc) is 3.93. The maximum atomic E-state index is 6.32. The Morgan fingerprint density at radius 3 is 2.15 bits per heavy atom. The Morgan fingerprint density at radius 2 is 1.37 bits per heavy atom. The van der Waals surface area contributed by atoms with Crippen LogP contribution in [0.15, 0.2) is 148 Å². The predicted molar refractivity (Wildman–Crippen MR) is 240 cm³/mol. The van der Waals surface area contributed by atoms with Gasteiger partial charge in [0.05, 0.1) is 36.1 Å². The Bertz CT molecular complexity index is 3070. The molecule has 0 amide bonds. The second kappa shape index (κ2) is 16.4. The van der Waals surface area contributed by atoms with Crippen LogP contribution in [0.25, 0.3) is 83.5 Å². The fraction of sp³-hybridized carbons (Fsp3) is 0.157. The van der Waals surface area contributed by atoms with Crippen molar-refractivity contribution in [1.82, 2.24) is 19.5 Å². The molecule has 0 spiro atoms. The first-order chi connectivity index (χ1) is 28.1. The van der Waals surface area contributed by atoms with E-state index in [9.17, 15) is 0 Å². The molecule has 1 radical (unpaired) electrons. The fourth-order valence-corrected chi connectivity index (χ4v) is 9.45. The Kier molecular flexibility index (Phi) is 11.1. The molecule has 59 heavy (non-hydrogen) atoms. The van der Waals surface area contributed by atoms with Crippen molar-refractivity contribution >= 4 is 57.3 Å². The van der Waals surface area contributed by atoms with E-state index in [2.05, 4.69) is 134 Å². The van der Waals surface area contributed by atoms with Crippen molar-refractivity contribution < 1.29 is 28.9 Å². The van der Waals surface area contributed by atoms with Crippen LogP contribution in [-0.2, 0) is 26.5 Å². The number of hydrogen-bond donors (Lipinski definition) is 0. The van der Waals surface area contributed by atoms with Crippen LogP contribution in [0.1, 0.15) is 25.3 Å². The van der Waals surface area contributed by atoms with Gasteiger partial charge < -0.3 is 18.4 Å². The smallest absolute Gasteiger partial charge is 0.180 e. The number of para-hydroxylation sites is 3. The van der Waals surface area contributed by atoms with Gasteiger partial charge in [0.1, 0.15) is 5.58 Å². The summed E-state index contributed by atoms with van der Waals surface area (Å²) in [4.78, 5) is 14.2. The second-order valence-corrected chi connectivity index (χ2v) is 21.3. The zero-order valence-corrected chi connectivity index (χ0v) is 37.4. The van der Waals surface area contributed by atoms with E-state index in [0.29, 0.717) is 11.8 Å². The molecule has 0 bridgehead atoms. The summed E-state index contributed by atoms with van der Waals surface area (Å²) in [5.74, 6) is 2.10. The second-order valence-electron chi connectivity index (χ2n) is 16.2. The quantitative estimate of drug-likeness (QED) is 0.118.